The molecule has 1 unspecified atom stereocenters. The number of aromatic nitrogens is 1. The van der Waals surface area contributed by atoms with Crippen LogP contribution in [0.4, 0.5) is 0 Å². The lowest BCUT2D eigenvalue weighted by Crippen LogP contribution is -2.19. The highest BCUT2D eigenvalue weighted by atomic mass is 16.5. The summed E-state index contributed by atoms with van der Waals surface area (Å²) < 4.78 is 10.8. The van der Waals surface area contributed by atoms with Crippen molar-refractivity contribution in [3.05, 3.63) is 17.8 Å². The molecule has 1 aliphatic rings. The van der Waals surface area contributed by atoms with Crippen LogP contribution in [0.3, 0.4) is 0 Å². The maximum Gasteiger partial charge on any atom is 0.220 e. The molecular weight excluding hydrogens is 216 g/mol. The van der Waals surface area contributed by atoms with Gasteiger partial charge in [-0.05, 0) is 25.6 Å². The van der Waals surface area contributed by atoms with Gasteiger partial charge in [0.1, 0.15) is 5.75 Å². The Morgan fingerprint density at radius 2 is 2.24 bits per heavy atom. The Morgan fingerprint density at radius 1 is 1.41 bits per heavy atom. The van der Waals surface area contributed by atoms with Crippen molar-refractivity contribution in [3.8, 4) is 11.6 Å². The number of nitrogens with zero attached hydrogens (tertiary/aromatic N) is 2. The molecule has 0 aromatic carbocycles. The average Bonchev–Trinajstić information content (AvgIpc) is 2.86. The normalized spacial score (nSPS) is 20.5. The summed E-state index contributed by atoms with van der Waals surface area (Å²) >= 11 is 0. The Bertz CT molecular complexity index is 359. The molecule has 1 aliphatic heterocycles. The Morgan fingerprint density at radius 3 is 2.82 bits per heavy atom. The molecule has 2 rings (SSSR count). The van der Waals surface area contributed by atoms with E-state index in [4.69, 9.17) is 9.47 Å². The molecule has 4 heteroatoms. The second kappa shape index (κ2) is 5.36. The second-order valence-electron chi connectivity index (χ2n) is 4.31. The van der Waals surface area contributed by atoms with E-state index >= 15 is 0 Å². The highest BCUT2D eigenvalue weighted by Gasteiger charge is 2.28. The molecular formula is C13H20N2O2. The summed E-state index contributed by atoms with van der Waals surface area (Å²) in [5, 5.41) is 0. The third-order valence-corrected chi connectivity index (χ3v) is 3.45. The van der Waals surface area contributed by atoms with Gasteiger partial charge in [0.15, 0.2) is 0 Å². The third kappa shape index (κ3) is 2.36. The molecule has 1 saturated heterocycles. The maximum absolute atomic E-state index is 5.43. The molecule has 4 nitrogen and oxygen atoms in total. The molecule has 0 bridgehead atoms. The highest BCUT2D eigenvalue weighted by molar-refractivity contribution is 5.43. The lowest BCUT2D eigenvalue weighted by molar-refractivity contribution is 0.343. The van der Waals surface area contributed by atoms with E-state index in [9.17, 15) is 0 Å². The average molecular weight is 236 g/mol. The summed E-state index contributed by atoms with van der Waals surface area (Å²) in [6.07, 6.45) is 2.87. The minimum atomic E-state index is 0.466. The first-order valence-corrected chi connectivity index (χ1v) is 6.09. The number of hydrogen-bond acceptors (Lipinski definition) is 4. The minimum Gasteiger partial charge on any atom is -0.496 e. The first kappa shape index (κ1) is 12.2. The summed E-state index contributed by atoms with van der Waals surface area (Å²) in [4.78, 5) is 6.72. The zero-order valence-corrected chi connectivity index (χ0v) is 10.8. The molecule has 0 radical (unpaired) electrons. The lowest BCUT2D eigenvalue weighted by atomic mass is 9.98. The largest absolute Gasteiger partial charge is 0.496 e. The van der Waals surface area contributed by atoms with E-state index in [1.165, 1.54) is 0 Å². The Hall–Kier alpha value is -1.29. The highest BCUT2D eigenvalue weighted by Crippen LogP contribution is 2.38. The summed E-state index contributed by atoms with van der Waals surface area (Å²) in [7, 11) is 3.36. The third-order valence-electron chi connectivity index (χ3n) is 3.45. The minimum absolute atomic E-state index is 0.466. The molecule has 94 valence electrons. The Balaban J connectivity index is 2.30. The topological polar surface area (TPSA) is 34.6 Å². The number of pyridine rings is 1. The van der Waals surface area contributed by atoms with Crippen LogP contribution in [0, 0.1) is 0 Å². The number of methoxy groups -OCH3 is 2. The van der Waals surface area contributed by atoms with Gasteiger partial charge in [-0.3, -0.25) is 0 Å². The summed E-state index contributed by atoms with van der Waals surface area (Å²) in [6.45, 7) is 5.50. The van der Waals surface area contributed by atoms with Gasteiger partial charge in [-0.25, -0.2) is 4.98 Å². The van der Waals surface area contributed by atoms with Gasteiger partial charge in [0, 0.05) is 18.7 Å². The molecule has 1 aromatic rings. The molecule has 1 atom stereocenters. The molecule has 0 amide bonds. The van der Waals surface area contributed by atoms with Crippen molar-refractivity contribution in [2.75, 3.05) is 33.9 Å². The van der Waals surface area contributed by atoms with Crippen molar-refractivity contribution in [2.45, 2.75) is 19.3 Å². The van der Waals surface area contributed by atoms with E-state index in [2.05, 4.69) is 16.8 Å². The van der Waals surface area contributed by atoms with Gasteiger partial charge in [-0.1, -0.05) is 6.92 Å². The van der Waals surface area contributed by atoms with Crippen LogP contribution in [0.15, 0.2) is 12.3 Å². The summed E-state index contributed by atoms with van der Waals surface area (Å²) in [5.41, 5.74) is 1.12. The maximum atomic E-state index is 5.43. The van der Waals surface area contributed by atoms with Gasteiger partial charge in [0.25, 0.3) is 0 Å². The van der Waals surface area contributed by atoms with Crippen LogP contribution in [0.1, 0.15) is 24.8 Å². The van der Waals surface area contributed by atoms with Crippen molar-refractivity contribution in [3.63, 3.8) is 0 Å². The standard InChI is InChI=1S/C13H20N2O2/c1-4-15-8-6-10(9-15)12-11(16-2)5-7-14-13(12)17-3/h5,7,10H,4,6,8-9H2,1-3H3. The van der Waals surface area contributed by atoms with Gasteiger partial charge in [0.2, 0.25) is 5.88 Å². The SMILES string of the molecule is CCN1CCC(c2c(OC)ccnc2OC)C1. The number of ether oxygens (including phenoxy) is 2. The van der Waals surface area contributed by atoms with Crippen LogP contribution in [-0.2, 0) is 0 Å². The van der Waals surface area contributed by atoms with Crippen LogP contribution in [0.5, 0.6) is 11.6 Å². The quantitative estimate of drug-likeness (QED) is 0.800. The molecule has 1 fully saturated rings. The fraction of sp³-hybridized carbons (Fsp3) is 0.615. The number of rotatable bonds is 4. The predicted molar refractivity (Wildman–Crippen MR) is 66.8 cm³/mol. The molecule has 0 N–H and O–H groups in total. The van der Waals surface area contributed by atoms with E-state index in [0.717, 1.165) is 37.4 Å². The van der Waals surface area contributed by atoms with Crippen LogP contribution in [0.2, 0.25) is 0 Å². The molecule has 0 spiro atoms. The predicted octanol–water partition coefficient (Wildman–Crippen LogP) is 1.91. The smallest absolute Gasteiger partial charge is 0.220 e. The van der Waals surface area contributed by atoms with E-state index < -0.39 is 0 Å². The molecule has 0 aliphatic carbocycles. The van der Waals surface area contributed by atoms with Gasteiger partial charge >= 0.3 is 0 Å². The first-order valence-electron chi connectivity index (χ1n) is 6.09. The van der Waals surface area contributed by atoms with Crippen LogP contribution in [-0.4, -0.2) is 43.7 Å². The van der Waals surface area contributed by atoms with E-state index in [0.29, 0.717) is 11.8 Å². The first-order chi connectivity index (χ1) is 8.30. The second-order valence-corrected chi connectivity index (χ2v) is 4.31. The van der Waals surface area contributed by atoms with Gasteiger partial charge in [-0.2, -0.15) is 0 Å². The lowest BCUT2D eigenvalue weighted by Gasteiger charge is -2.17. The van der Waals surface area contributed by atoms with Crippen LogP contribution in [0.25, 0.3) is 0 Å². The number of likely N-dealkylation sites (N-methyl/N-ethyl adjacent to an activating group) is 1. The zero-order chi connectivity index (χ0) is 12.3. The van der Waals surface area contributed by atoms with Crippen LogP contribution >= 0.6 is 0 Å². The van der Waals surface area contributed by atoms with Gasteiger partial charge in [-0.15, -0.1) is 0 Å². The van der Waals surface area contributed by atoms with Crippen molar-refractivity contribution < 1.29 is 9.47 Å². The van der Waals surface area contributed by atoms with E-state index in [-0.39, 0.29) is 0 Å². The van der Waals surface area contributed by atoms with Crippen molar-refractivity contribution in [1.29, 1.82) is 0 Å². The van der Waals surface area contributed by atoms with Crippen LogP contribution < -0.4 is 9.47 Å². The molecule has 2 heterocycles. The monoisotopic (exact) mass is 236 g/mol. The summed E-state index contributed by atoms with van der Waals surface area (Å²) in [6, 6.07) is 1.91. The van der Waals surface area contributed by atoms with Crippen molar-refractivity contribution in [2.24, 2.45) is 0 Å². The van der Waals surface area contributed by atoms with E-state index in [1.54, 1.807) is 20.4 Å². The molecule has 17 heavy (non-hydrogen) atoms. The summed E-state index contributed by atoms with van der Waals surface area (Å²) in [5.74, 6) is 2.06. The van der Waals surface area contributed by atoms with Crippen molar-refractivity contribution >= 4 is 0 Å². The molecule has 1 aromatic heterocycles. The number of likely N-dealkylation sites (tertiary alicyclic amines) is 1. The van der Waals surface area contributed by atoms with Crippen molar-refractivity contribution in [1.82, 2.24) is 9.88 Å². The number of hydrogen-bond donors (Lipinski definition) is 0. The Kier molecular flexibility index (Phi) is 3.84. The van der Waals surface area contributed by atoms with Gasteiger partial charge in [0.05, 0.1) is 19.8 Å². The Labute approximate surface area is 103 Å². The molecule has 0 saturated carbocycles. The zero-order valence-electron chi connectivity index (χ0n) is 10.8. The fourth-order valence-corrected chi connectivity index (χ4v) is 2.51. The van der Waals surface area contributed by atoms with Gasteiger partial charge < -0.3 is 14.4 Å². The fourth-order valence-electron chi connectivity index (χ4n) is 2.51. The van der Waals surface area contributed by atoms with E-state index in [1.807, 2.05) is 6.07 Å².